The number of anilines is 1. The standard InChI is InChI=1S/C9H11NO3S/c1-7-3-4-8-9(5-7)13-6-14(11,12)10(8)2/h3-5H,6H2,1-2H3. The Labute approximate surface area is 83.2 Å². The van der Waals surface area contributed by atoms with Crippen molar-refractivity contribution < 1.29 is 13.2 Å². The number of fused-ring (bicyclic) bond motifs is 1. The van der Waals surface area contributed by atoms with Crippen LogP contribution in [0.2, 0.25) is 0 Å². The Kier molecular flexibility index (Phi) is 1.92. The molecular weight excluding hydrogens is 202 g/mol. The first-order valence-corrected chi connectivity index (χ1v) is 5.82. The zero-order valence-electron chi connectivity index (χ0n) is 8.02. The van der Waals surface area contributed by atoms with E-state index in [2.05, 4.69) is 0 Å². The maximum atomic E-state index is 11.4. The van der Waals surface area contributed by atoms with E-state index in [1.807, 2.05) is 19.1 Å². The lowest BCUT2D eigenvalue weighted by Crippen LogP contribution is -2.35. The van der Waals surface area contributed by atoms with Gasteiger partial charge in [0, 0.05) is 7.05 Å². The van der Waals surface area contributed by atoms with Crippen molar-refractivity contribution in [1.82, 2.24) is 0 Å². The van der Waals surface area contributed by atoms with E-state index >= 15 is 0 Å². The van der Waals surface area contributed by atoms with Gasteiger partial charge >= 0.3 is 0 Å². The van der Waals surface area contributed by atoms with E-state index in [-0.39, 0.29) is 5.94 Å². The number of hydrogen-bond donors (Lipinski definition) is 0. The number of nitrogens with zero attached hydrogens (tertiary/aromatic N) is 1. The molecule has 1 aromatic rings. The molecule has 0 aromatic heterocycles. The summed E-state index contributed by atoms with van der Waals surface area (Å²) >= 11 is 0. The zero-order valence-corrected chi connectivity index (χ0v) is 8.84. The molecule has 0 N–H and O–H groups in total. The summed E-state index contributed by atoms with van der Waals surface area (Å²) in [5, 5.41) is 0. The van der Waals surface area contributed by atoms with Crippen LogP contribution in [-0.2, 0) is 10.0 Å². The van der Waals surface area contributed by atoms with E-state index in [0.717, 1.165) is 5.56 Å². The average Bonchev–Trinajstić information content (AvgIpc) is 2.12. The van der Waals surface area contributed by atoms with Crippen molar-refractivity contribution in [2.75, 3.05) is 17.3 Å². The van der Waals surface area contributed by atoms with Gasteiger partial charge in [-0.15, -0.1) is 0 Å². The van der Waals surface area contributed by atoms with Crippen molar-refractivity contribution in [2.45, 2.75) is 6.92 Å². The third-order valence-electron chi connectivity index (χ3n) is 2.24. The van der Waals surface area contributed by atoms with Gasteiger partial charge in [0.25, 0.3) is 10.0 Å². The van der Waals surface area contributed by atoms with Gasteiger partial charge in [0.15, 0.2) is 0 Å². The number of hydrogen-bond acceptors (Lipinski definition) is 3. The average molecular weight is 213 g/mol. The van der Waals surface area contributed by atoms with Crippen LogP contribution in [-0.4, -0.2) is 21.4 Å². The fourth-order valence-corrected chi connectivity index (χ4v) is 2.25. The Balaban J connectivity index is 2.57. The fraction of sp³-hybridized carbons (Fsp3) is 0.333. The normalized spacial score (nSPS) is 18.6. The molecule has 0 spiro atoms. The van der Waals surface area contributed by atoms with E-state index in [4.69, 9.17) is 4.74 Å². The quantitative estimate of drug-likeness (QED) is 0.648. The second-order valence-corrected chi connectivity index (χ2v) is 5.26. The Hall–Kier alpha value is -1.23. The first-order chi connectivity index (χ1) is 6.50. The van der Waals surface area contributed by atoms with E-state index in [1.54, 1.807) is 6.07 Å². The van der Waals surface area contributed by atoms with Crippen LogP contribution < -0.4 is 9.04 Å². The third kappa shape index (κ3) is 1.33. The number of sulfonamides is 1. The predicted molar refractivity (Wildman–Crippen MR) is 54.0 cm³/mol. The number of benzene rings is 1. The topological polar surface area (TPSA) is 46.6 Å². The molecule has 0 fully saturated rings. The minimum absolute atomic E-state index is 0.278. The molecule has 1 aliphatic heterocycles. The van der Waals surface area contributed by atoms with Crippen molar-refractivity contribution in [3.05, 3.63) is 23.8 Å². The van der Waals surface area contributed by atoms with Crippen molar-refractivity contribution in [1.29, 1.82) is 0 Å². The van der Waals surface area contributed by atoms with Crippen molar-refractivity contribution in [2.24, 2.45) is 0 Å². The van der Waals surface area contributed by atoms with Crippen molar-refractivity contribution in [3.63, 3.8) is 0 Å². The summed E-state index contributed by atoms with van der Waals surface area (Å²) < 4.78 is 29.3. The summed E-state index contributed by atoms with van der Waals surface area (Å²) in [6.45, 7) is 1.94. The first kappa shape index (κ1) is 9.33. The van der Waals surface area contributed by atoms with Gasteiger partial charge in [0.1, 0.15) is 5.75 Å². The largest absolute Gasteiger partial charge is 0.474 e. The van der Waals surface area contributed by atoms with Crippen molar-refractivity contribution >= 4 is 15.7 Å². The van der Waals surface area contributed by atoms with Crippen LogP contribution in [0.4, 0.5) is 5.69 Å². The molecule has 1 aromatic carbocycles. The number of aryl methyl sites for hydroxylation is 1. The number of ether oxygens (including phenoxy) is 1. The molecule has 0 unspecified atom stereocenters. The first-order valence-electron chi connectivity index (χ1n) is 4.21. The van der Waals surface area contributed by atoms with Crippen LogP contribution in [0, 0.1) is 6.92 Å². The molecular formula is C9H11NO3S. The van der Waals surface area contributed by atoms with Gasteiger partial charge in [-0.2, -0.15) is 0 Å². The summed E-state index contributed by atoms with van der Waals surface area (Å²) in [6, 6.07) is 5.45. The lowest BCUT2D eigenvalue weighted by molar-refractivity contribution is 0.370. The molecule has 0 aliphatic carbocycles. The summed E-state index contributed by atoms with van der Waals surface area (Å²) in [5.41, 5.74) is 1.65. The lowest BCUT2D eigenvalue weighted by Gasteiger charge is -2.27. The molecule has 4 nitrogen and oxygen atoms in total. The smallest absolute Gasteiger partial charge is 0.270 e. The molecule has 0 amide bonds. The van der Waals surface area contributed by atoms with Crippen molar-refractivity contribution in [3.8, 4) is 5.75 Å². The minimum atomic E-state index is -3.28. The fourth-order valence-electron chi connectivity index (χ4n) is 1.36. The van der Waals surface area contributed by atoms with Crippen LogP contribution in [0.15, 0.2) is 18.2 Å². The van der Waals surface area contributed by atoms with Crippen LogP contribution in [0.1, 0.15) is 5.56 Å². The van der Waals surface area contributed by atoms with Gasteiger partial charge in [-0.25, -0.2) is 8.42 Å². The highest BCUT2D eigenvalue weighted by Crippen LogP contribution is 2.33. The van der Waals surface area contributed by atoms with Gasteiger partial charge in [-0.05, 0) is 24.6 Å². The molecule has 2 rings (SSSR count). The molecule has 0 saturated carbocycles. The zero-order chi connectivity index (χ0) is 10.3. The SMILES string of the molecule is Cc1ccc2c(c1)OCS(=O)(=O)N2C. The van der Waals surface area contributed by atoms with E-state index < -0.39 is 10.0 Å². The molecule has 14 heavy (non-hydrogen) atoms. The van der Waals surface area contributed by atoms with Crippen LogP contribution in [0.5, 0.6) is 5.75 Å². The Morgan fingerprint density at radius 2 is 2.14 bits per heavy atom. The van der Waals surface area contributed by atoms with Gasteiger partial charge in [0.05, 0.1) is 5.69 Å². The highest BCUT2D eigenvalue weighted by Gasteiger charge is 2.27. The molecule has 0 atom stereocenters. The second-order valence-electron chi connectivity index (χ2n) is 3.31. The van der Waals surface area contributed by atoms with Crippen LogP contribution in [0.3, 0.4) is 0 Å². The van der Waals surface area contributed by atoms with Crippen LogP contribution >= 0.6 is 0 Å². The van der Waals surface area contributed by atoms with E-state index in [0.29, 0.717) is 11.4 Å². The molecule has 5 heteroatoms. The van der Waals surface area contributed by atoms with Gasteiger partial charge < -0.3 is 4.74 Å². The summed E-state index contributed by atoms with van der Waals surface area (Å²) in [6.07, 6.45) is 0. The highest BCUT2D eigenvalue weighted by molar-refractivity contribution is 7.92. The number of rotatable bonds is 0. The third-order valence-corrected chi connectivity index (χ3v) is 3.68. The summed E-state index contributed by atoms with van der Waals surface area (Å²) in [7, 11) is -1.74. The molecule has 1 heterocycles. The minimum Gasteiger partial charge on any atom is -0.474 e. The Morgan fingerprint density at radius 1 is 1.43 bits per heavy atom. The highest BCUT2D eigenvalue weighted by atomic mass is 32.2. The monoisotopic (exact) mass is 213 g/mol. The molecule has 0 bridgehead atoms. The summed E-state index contributed by atoms with van der Waals surface area (Å²) in [4.78, 5) is 0. The van der Waals surface area contributed by atoms with Crippen LogP contribution in [0.25, 0.3) is 0 Å². The van der Waals surface area contributed by atoms with Gasteiger partial charge in [-0.3, -0.25) is 4.31 Å². The molecule has 0 saturated heterocycles. The predicted octanol–water partition coefficient (Wildman–Crippen LogP) is 1.11. The van der Waals surface area contributed by atoms with Gasteiger partial charge in [0.2, 0.25) is 5.94 Å². The molecule has 1 aliphatic rings. The Bertz CT molecular complexity index is 467. The maximum absolute atomic E-state index is 11.4. The Morgan fingerprint density at radius 3 is 2.86 bits per heavy atom. The van der Waals surface area contributed by atoms with E-state index in [1.165, 1.54) is 11.4 Å². The molecule has 0 radical (unpaired) electrons. The second kappa shape index (κ2) is 2.88. The maximum Gasteiger partial charge on any atom is 0.270 e. The summed E-state index contributed by atoms with van der Waals surface area (Å²) in [5.74, 6) is 0.349. The van der Waals surface area contributed by atoms with Gasteiger partial charge in [-0.1, -0.05) is 6.07 Å². The lowest BCUT2D eigenvalue weighted by atomic mass is 10.2. The molecule has 76 valence electrons. The van der Waals surface area contributed by atoms with E-state index in [9.17, 15) is 8.42 Å².